The summed E-state index contributed by atoms with van der Waals surface area (Å²) in [5.41, 5.74) is 0. The van der Waals surface area contributed by atoms with Gasteiger partial charge in [0.05, 0.1) is 0 Å². The summed E-state index contributed by atoms with van der Waals surface area (Å²) >= 11 is 5.55. The fourth-order valence-electron chi connectivity index (χ4n) is 0.950. The molecule has 0 unspecified atom stereocenters. The summed E-state index contributed by atoms with van der Waals surface area (Å²) in [6, 6.07) is 8.65. The van der Waals surface area contributed by atoms with Gasteiger partial charge in [0.15, 0.2) is 0 Å². The van der Waals surface area contributed by atoms with Crippen molar-refractivity contribution in [2.75, 3.05) is 0 Å². The van der Waals surface area contributed by atoms with Gasteiger partial charge in [0.1, 0.15) is 7.22 Å². The predicted octanol–water partition coefficient (Wildman–Crippen LogP) is 5.55. The van der Waals surface area contributed by atoms with Crippen LogP contribution in [-0.4, -0.2) is 7.22 Å². The lowest BCUT2D eigenvalue weighted by atomic mass is 10.2. The minimum Gasteiger partial charge on any atom is -0.151 e. The first-order chi connectivity index (χ1) is 6.72. The van der Waals surface area contributed by atoms with E-state index < -0.39 is 7.22 Å². The molecule has 0 aliphatic heterocycles. The summed E-state index contributed by atoms with van der Waals surface area (Å²) in [5, 5.41) is 0.435. The van der Waals surface area contributed by atoms with Gasteiger partial charge >= 0.3 is 0 Å². The molecule has 0 radical (unpaired) electrons. The van der Waals surface area contributed by atoms with Crippen molar-refractivity contribution in [2.24, 2.45) is 0 Å². The number of hydrogen-bond acceptors (Lipinski definition) is 1. The Kier molecular flexibility index (Phi) is 4.12. The zero-order valence-corrected chi connectivity index (χ0v) is 13.5. The van der Waals surface area contributed by atoms with Crippen LogP contribution in [0.4, 0.5) is 0 Å². The van der Waals surface area contributed by atoms with E-state index in [4.69, 9.17) is 0 Å². The van der Waals surface area contributed by atoms with Crippen LogP contribution in [0.15, 0.2) is 33.6 Å². The summed E-state index contributed by atoms with van der Waals surface area (Å²) in [6.45, 7) is 11.9. The Morgan fingerprint density at radius 1 is 1.07 bits per heavy atom. The average Bonchev–Trinajstić information content (AvgIpc) is 2.06. The normalized spacial score (nSPS) is 12.9. The molecule has 0 heterocycles. The standard InChI is InChI=1S/C12H19BrSSi/c1-12(2,3)15(4,5)14-11-8-6-10(13)7-9-11/h6-9H,1-5H3. The van der Waals surface area contributed by atoms with Crippen molar-refractivity contribution in [1.29, 1.82) is 0 Å². The molecule has 3 heteroatoms. The topological polar surface area (TPSA) is 0 Å². The molecule has 0 nitrogen and oxygen atoms in total. The van der Waals surface area contributed by atoms with Crippen molar-refractivity contribution in [2.45, 2.75) is 43.8 Å². The molecule has 0 aromatic heterocycles. The van der Waals surface area contributed by atoms with Gasteiger partial charge < -0.3 is 0 Å². The largest absolute Gasteiger partial charge is 0.151 e. The third-order valence-electron chi connectivity index (χ3n) is 2.99. The molecule has 1 aromatic rings. The van der Waals surface area contributed by atoms with Crippen LogP contribution in [0, 0.1) is 0 Å². The van der Waals surface area contributed by atoms with Gasteiger partial charge in [-0.2, -0.15) is 11.2 Å². The second-order valence-electron chi connectivity index (χ2n) is 5.32. The molecule has 0 aliphatic carbocycles. The highest BCUT2D eigenvalue weighted by molar-refractivity contribution is 9.10. The minimum atomic E-state index is -1.26. The minimum absolute atomic E-state index is 0.435. The predicted molar refractivity (Wildman–Crippen MR) is 77.2 cm³/mol. The van der Waals surface area contributed by atoms with Gasteiger partial charge in [-0.3, -0.25) is 0 Å². The van der Waals surface area contributed by atoms with Crippen molar-refractivity contribution in [3.8, 4) is 0 Å². The van der Waals surface area contributed by atoms with Crippen LogP contribution in [0.3, 0.4) is 0 Å². The van der Waals surface area contributed by atoms with Gasteiger partial charge in [-0.25, -0.2) is 0 Å². The lowest BCUT2D eigenvalue weighted by molar-refractivity contribution is 0.736. The molecule has 0 fully saturated rings. The fraction of sp³-hybridized carbons (Fsp3) is 0.500. The molecule has 0 amide bonds. The second-order valence-corrected chi connectivity index (χ2v) is 15.1. The summed E-state index contributed by atoms with van der Waals surface area (Å²) in [5.74, 6) is 0. The van der Waals surface area contributed by atoms with Crippen LogP contribution in [0.5, 0.6) is 0 Å². The Bertz CT molecular complexity index is 324. The number of hydrogen-bond donors (Lipinski definition) is 0. The maximum Gasteiger partial charge on any atom is 0.122 e. The average molecular weight is 303 g/mol. The molecule has 0 spiro atoms. The summed E-state index contributed by atoms with van der Waals surface area (Å²) in [4.78, 5) is 1.39. The molecule has 0 saturated heterocycles. The van der Waals surface area contributed by atoms with Gasteiger partial charge in [-0.1, -0.05) is 49.8 Å². The van der Waals surface area contributed by atoms with Crippen molar-refractivity contribution >= 4 is 34.4 Å². The van der Waals surface area contributed by atoms with Crippen molar-refractivity contribution in [1.82, 2.24) is 0 Å². The van der Waals surface area contributed by atoms with Gasteiger partial charge in [0.25, 0.3) is 0 Å². The van der Waals surface area contributed by atoms with Gasteiger partial charge in [0.2, 0.25) is 0 Å². The highest BCUT2D eigenvalue weighted by Crippen LogP contribution is 2.46. The monoisotopic (exact) mass is 302 g/mol. The first-order valence-electron chi connectivity index (χ1n) is 5.17. The Hall–Kier alpha value is 0.267. The Balaban J connectivity index is 2.82. The molecule has 1 rings (SSSR count). The van der Waals surface area contributed by atoms with Crippen molar-refractivity contribution in [3.05, 3.63) is 28.7 Å². The maximum absolute atomic E-state index is 3.47. The molecule has 0 aliphatic rings. The second kappa shape index (κ2) is 4.64. The summed E-state index contributed by atoms with van der Waals surface area (Å²) in [6.07, 6.45) is 0. The van der Waals surface area contributed by atoms with E-state index in [2.05, 4.69) is 85.3 Å². The third-order valence-corrected chi connectivity index (χ3v) is 12.2. The SMILES string of the molecule is CC(C)(C)[Si](C)(C)Sc1ccc(Br)cc1. The molecular formula is C12H19BrSSi. The maximum atomic E-state index is 3.47. The van der Waals surface area contributed by atoms with E-state index in [1.165, 1.54) is 4.90 Å². The molecule has 15 heavy (non-hydrogen) atoms. The van der Waals surface area contributed by atoms with E-state index in [0.29, 0.717) is 5.04 Å². The Labute approximate surface area is 107 Å². The molecule has 0 N–H and O–H groups in total. The third kappa shape index (κ3) is 3.65. The fourth-order valence-corrected chi connectivity index (χ4v) is 5.48. The number of rotatable bonds is 2. The zero-order valence-electron chi connectivity index (χ0n) is 10.1. The Morgan fingerprint density at radius 2 is 1.53 bits per heavy atom. The Morgan fingerprint density at radius 3 is 1.93 bits per heavy atom. The van der Waals surface area contributed by atoms with Crippen LogP contribution in [0.25, 0.3) is 0 Å². The molecule has 0 bridgehead atoms. The highest BCUT2D eigenvalue weighted by atomic mass is 79.9. The van der Waals surface area contributed by atoms with Crippen LogP contribution >= 0.6 is 27.1 Å². The van der Waals surface area contributed by atoms with Crippen LogP contribution in [0.1, 0.15) is 20.8 Å². The van der Waals surface area contributed by atoms with Gasteiger partial charge in [-0.05, 0) is 29.3 Å². The quantitative estimate of drug-likeness (QED) is 0.646. The molecule has 1 aromatic carbocycles. The summed E-state index contributed by atoms with van der Waals surface area (Å²) < 4.78 is 1.15. The van der Waals surface area contributed by atoms with Crippen LogP contribution < -0.4 is 0 Å². The highest BCUT2D eigenvalue weighted by Gasteiger charge is 2.36. The van der Waals surface area contributed by atoms with E-state index in [0.717, 1.165) is 4.47 Å². The molecular weight excluding hydrogens is 284 g/mol. The van der Waals surface area contributed by atoms with Crippen molar-refractivity contribution in [3.63, 3.8) is 0 Å². The first kappa shape index (κ1) is 13.3. The van der Waals surface area contributed by atoms with E-state index in [1.807, 2.05) is 0 Å². The zero-order chi connectivity index (χ0) is 11.7. The van der Waals surface area contributed by atoms with Crippen LogP contribution in [0.2, 0.25) is 18.1 Å². The van der Waals surface area contributed by atoms with E-state index in [9.17, 15) is 0 Å². The lowest BCUT2D eigenvalue weighted by Gasteiger charge is -2.36. The molecule has 84 valence electrons. The lowest BCUT2D eigenvalue weighted by Crippen LogP contribution is -2.33. The number of halogens is 1. The molecule has 0 atom stereocenters. The van der Waals surface area contributed by atoms with Gasteiger partial charge in [-0.15, -0.1) is 0 Å². The number of benzene rings is 1. The first-order valence-corrected chi connectivity index (χ1v) is 10.5. The summed E-state index contributed by atoms with van der Waals surface area (Å²) in [7, 11) is -1.26. The van der Waals surface area contributed by atoms with E-state index in [-0.39, 0.29) is 0 Å². The van der Waals surface area contributed by atoms with Crippen molar-refractivity contribution < 1.29 is 0 Å². The van der Waals surface area contributed by atoms with E-state index in [1.54, 1.807) is 0 Å². The van der Waals surface area contributed by atoms with Crippen LogP contribution in [-0.2, 0) is 0 Å². The smallest absolute Gasteiger partial charge is 0.122 e. The molecule has 0 saturated carbocycles. The van der Waals surface area contributed by atoms with E-state index >= 15 is 0 Å². The van der Waals surface area contributed by atoms with Gasteiger partial charge in [0, 0.05) is 9.37 Å².